The molecule has 25 heavy (non-hydrogen) atoms. The molecule has 7 nitrogen and oxygen atoms in total. The first-order valence-electron chi connectivity index (χ1n) is 9.12. The number of nitrogens with zero attached hydrogens (tertiary/aromatic N) is 2. The normalized spacial score (nSPS) is 20.3. The molecular formula is C17H33IN4O3. The Morgan fingerprint density at radius 1 is 1.24 bits per heavy atom. The number of amides is 1. The van der Waals surface area contributed by atoms with Crippen LogP contribution in [-0.4, -0.2) is 76.4 Å². The number of carbonyl (C=O) groups is 1. The number of nitrogens with one attached hydrogen (secondary N) is 2. The fraction of sp³-hybridized carbons (Fsp3) is 0.882. The number of guanidine groups is 1. The highest BCUT2D eigenvalue weighted by atomic mass is 127. The number of likely N-dealkylation sites (tertiary alicyclic amines) is 1. The largest absolute Gasteiger partial charge is 0.382 e. The zero-order valence-corrected chi connectivity index (χ0v) is 17.8. The second-order valence-corrected chi connectivity index (χ2v) is 6.47. The molecule has 1 amide bonds. The maximum absolute atomic E-state index is 11.6. The van der Waals surface area contributed by atoms with Gasteiger partial charge in [0, 0.05) is 45.1 Å². The van der Waals surface area contributed by atoms with Gasteiger partial charge in [-0.05, 0) is 26.2 Å². The first-order valence-corrected chi connectivity index (χ1v) is 9.12. The van der Waals surface area contributed by atoms with Crippen LogP contribution in [0.4, 0.5) is 0 Å². The summed E-state index contributed by atoms with van der Waals surface area (Å²) in [7, 11) is 1.69. The Kier molecular flexibility index (Phi) is 11.4. The standard InChI is InChI=1S/C17H32N4O3.HI/c1-3-18-17(20-8-7-19-16(22)15-4-5-15)21-9-6-14(12-21)13-24-11-10-23-2;/h14-15H,3-13H2,1-2H3,(H,18,20)(H,19,22);1H. The van der Waals surface area contributed by atoms with E-state index in [-0.39, 0.29) is 35.8 Å². The molecule has 2 fully saturated rings. The molecule has 8 heteroatoms. The molecule has 2 rings (SSSR count). The van der Waals surface area contributed by atoms with Gasteiger partial charge in [0.15, 0.2) is 5.96 Å². The molecule has 1 aliphatic heterocycles. The van der Waals surface area contributed by atoms with Gasteiger partial charge < -0.3 is 25.0 Å². The molecule has 1 saturated heterocycles. The molecule has 1 atom stereocenters. The lowest BCUT2D eigenvalue weighted by Gasteiger charge is -2.21. The van der Waals surface area contributed by atoms with Crippen molar-refractivity contribution in [1.29, 1.82) is 0 Å². The van der Waals surface area contributed by atoms with Crippen LogP contribution in [0, 0.1) is 11.8 Å². The topological polar surface area (TPSA) is 75.2 Å². The van der Waals surface area contributed by atoms with Crippen LogP contribution in [0.3, 0.4) is 0 Å². The quantitative estimate of drug-likeness (QED) is 0.217. The van der Waals surface area contributed by atoms with E-state index in [9.17, 15) is 4.79 Å². The van der Waals surface area contributed by atoms with Gasteiger partial charge in [0.05, 0.1) is 26.4 Å². The predicted octanol–water partition coefficient (Wildman–Crippen LogP) is 1.08. The first kappa shape index (κ1) is 22.4. The maximum Gasteiger partial charge on any atom is 0.223 e. The van der Waals surface area contributed by atoms with Gasteiger partial charge >= 0.3 is 0 Å². The minimum atomic E-state index is 0. The van der Waals surface area contributed by atoms with Crippen LogP contribution in [-0.2, 0) is 14.3 Å². The van der Waals surface area contributed by atoms with Gasteiger partial charge in [0.2, 0.25) is 5.91 Å². The number of halogens is 1. The average Bonchev–Trinajstić information content (AvgIpc) is 3.33. The highest BCUT2D eigenvalue weighted by Gasteiger charge is 2.29. The Morgan fingerprint density at radius 3 is 2.72 bits per heavy atom. The van der Waals surface area contributed by atoms with Crippen LogP contribution in [0.15, 0.2) is 4.99 Å². The van der Waals surface area contributed by atoms with E-state index in [1.165, 1.54) is 0 Å². The van der Waals surface area contributed by atoms with E-state index in [4.69, 9.17) is 9.47 Å². The van der Waals surface area contributed by atoms with Crippen LogP contribution >= 0.6 is 24.0 Å². The Bertz CT molecular complexity index is 419. The highest BCUT2D eigenvalue weighted by Crippen LogP contribution is 2.28. The second kappa shape index (κ2) is 12.7. The number of methoxy groups -OCH3 is 1. The third kappa shape index (κ3) is 8.54. The lowest BCUT2D eigenvalue weighted by atomic mass is 10.1. The number of hydrogen-bond donors (Lipinski definition) is 2. The lowest BCUT2D eigenvalue weighted by Crippen LogP contribution is -2.41. The van der Waals surface area contributed by atoms with E-state index in [0.717, 1.165) is 51.5 Å². The molecule has 0 aromatic carbocycles. The van der Waals surface area contributed by atoms with Crippen molar-refractivity contribution in [3.63, 3.8) is 0 Å². The molecule has 2 N–H and O–H groups in total. The minimum Gasteiger partial charge on any atom is -0.382 e. The second-order valence-electron chi connectivity index (χ2n) is 6.47. The van der Waals surface area contributed by atoms with Gasteiger partial charge in [-0.2, -0.15) is 0 Å². The number of rotatable bonds is 10. The third-order valence-corrected chi connectivity index (χ3v) is 4.33. The van der Waals surface area contributed by atoms with Crippen LogP contribution in [0.25, 0.3) is 0 Å². The molecule has 0 spiro atoms. The van der Waals surface area contributed by atoms with Gasteiger partial charge in [0.1, 0.15) is 0 Å². The fourth-order valence-corrected chi connectivity index (χ4v) is 2.81. The fourth-order valence-electron chi connectivity index (χ4n) is 2.81. The first-order chi connectivity index (χ1) is 11.7. The van der Waals surface area contributed by atoms with Crippen LogP contribution in [0.2, 0.25) is 0 Å². The van der Waals surface area contributed by atoms with Gasteiger partial charge in [-0.3, -0.25) is 9.79 Å². The van der Waals surface area contributed by atoms with Crippen molar-refractivity contribution in [1.82, 2.24) is 15.5 Å². The molecule has 0 radical (unpaired) electrons. The van der Waals surface area contributed by atoms with Crippen LogP contribution in [0.5, 0.6) is 0 Å². The molecule has 146 valence electrons. The average molecular weight is 468 g/mol. The van der Waals surface area contributed by atoms with Crippen molar-refractivity contribution < 1.29 is 14.3 Å². The Labute approximate surface area is 168 Å². The molecule has 1 unspecified atom stereocenters. The number of ether oxygens (including phenoxy) is 2. The van der Waals surface area contributed by atoms with E-state index in [0.29, 0.717) is 32.2 Å². The smallest absolute Gasteiger partial charge is 0.223 e. The number of hydrogen-bond acceptors (Lipinski definition) is 4. The summed E-state index contributed by atoms with van der Waals surface area (Å²) < 4.78 is 10.6. The van der Waals surface area contributed by atoms with Crippen molar-refractivity contribution in [3.8, 4) is 0 Å². The molecule has 0 aromatic rings. The summed E-state index contributed by atoms with van der Waals surface area (Å²) in [6.07, 6.45) is 3.20. The van der Waals surface area contributed by atoms with E-state index in [2.05, 4.69) is 27.4 Å². The zero-order valence-electron chi connectivity index (χ0n) is 15.5. The monoisotopic (exact) mass is 468 g/mol. The zero-order chi connectivity index (χ0) is 17.2. The van der Waals surface area contributed by atoms with Gasteiger partial charge in [-0.1, -0.05) is 0 Å². The van der Waals surface area contributed by atoms with E-state index in [1.807, 2.05) is 0 Å². The maximum atomic E-state index is 11.6. The lowest BCUT2D eigenvalue weighted by molar-refractivity contribution is -0.122. The summed E-state index contributed by atoms with van der Waals surface area (Å²) in [6, 6.07) is 0. The summed E-state index contributed by atoms with van der Waals surface area (Å²) >= 11 is 0. The van der Waals surface area contributed by atoms with E-state index >= 15 is 0 Å². The third-order valence-electron chi connectivity index (χ3n) is 4.33. The molecule has 1 aliphatic carbocycles. The van der Waals surface area contributed by atoms with E-state index in [1.54, 1.807) is 7.11 Å². The van der Waals surface area contributed by atoms with Crippen molar-refractivity contribution in [2.45, 2.75) is 26.2 Å². The summed E-state index contributed by atoms with van der Waals surface area (Å²) in [5.41, 5.74) is 0. The van der Waals surface area contributed by atoms with Crippen molar-refractivity contribution in [2.24, 2.45) is 16.8 Å². The Morgan fingerprint density at radius 2 is 2.04 bits per heavy atom. The Balaban J connectivity index is 0.00000312. The van der Waals surface area contributed by atoms with Crippen molar-refractivity contribution in [3.05, 3.63) is 0 Å². The molecule has 0 aromatic heterocycles. The summed E-state index contributed by atoms with van der Waals surface area (Å²) in [6.45, 7) is 8.19. The van der Waals surface area contributed by atoms with E-state index < -0.39 is 0 Å². The SMILES string of the molecule is CCNC(=NCCNC(=O)C1CC1)N1CCC(COCCOC)C1.I. The highest BCUT2D eigenvalue weighted by molar-refractivity contribution is 14.0. The summed E-state index contributed by atoms with van der Waals surface area (Å²) in [4.78, 5) is 18.5. The van der Waals surface area contributed by atoms with Crippen molar-refractivity contribution >= 4 is 35.8 Å². The molecule has 1 saturated carbocycles. The Hall–Kier alpha value is -0.610. The molecule has 2 aliphatic rings. The minimum absolute atomic E-state index is 0. The number of aliphatic imine (C=N–C) groups is 1. The van der Waals surface area contributed by atoms with Crippen LogP contribution < -0.4 is 10.6 Å². The van der Waals surface area contributed by atoms with Gasteiger partial charge in [-0.15, -0.1) is 24.0 Å². The number of carbonyl (C=O) groups excluding carboxylic acids is 1. The summed E-state index contributed by atoms with van der Waals surface area (Å²) in [5.74, 6) is 1.93. The summed E-state index contributed by atoms with van der Waals surface area (Å²) in [5, 5.41) is 6.30. The van der Waals surface area contributed by atoms with Crippen LogP contribution in [0.1, 0.15) is 26.2 Å². The molecule has 0 bridgehead atoms. The molecular weight excluding hydrogens is 435 g/mol. The molecule has 1 heterocycles. The van der Waals surface area contributed by atoms with Crippen molar-refractivity contribution in [2.75, 3.05) is 59.7 Å². The van der Waals surface area contributed by atoms with Gasteiger partial charge in [0.25, 0.3) is 0 Å². The van der Waals surface area contributed by atoms with Gasteiger partial charge in [-0.25, -0.2) is 0 Å². The predicted molar refractivity (Wildman–Crippen MR) is 110 cm³/mol.